The average molecular weight is 217 g/mol. The van der Waals surface area contributed by atoms with Crippen molar-refractivity contribution < 1.29 is 0 Å². The van der Waals surface area contributed by atoms with Gasteiger partial charge in [-0.2, -0.15) is 0 Å². The van der Waals surface area contributed by atoms with E-state index >= 15 is 0 Å². The molecule has 88 valence electrons. The van der Waals surface area contributed by atoms with Crippen molar-refractivity contribution in [2.24, 2.45) is 5.92 Å². The lowest BCUT2D eigenvalue weighted by molar-refractivity contribution is 0.340. The average Bonchev–Trinajstić information content (AvgIpc) is 2.31. The van der Waals surface area contributed by atoms with Gasteiger partial charge in [0.2, 0.25) is 0 Å². The topological polar surface area (TPSA) is 12.0 Å². The summed E-state index contributed by atoms with van der Waals surface area (Å²) in [7, 11) is 0. The van der Waals surface area contributed by atoms with E-state index in [1.165, 1.54) is 43.5 Å². The number of piperidine rings is 1. The predicted molar refractivity (Wildman–Crippen MR) is 69.8 cm³/mol. The Kier molecular flexibility index (Phi) is 4.00. The van der Waals surface area contributed by atoms with E-state index in [0.717, 1.165) is 5.92 Å². The molecule has 16 heavy (non-hydrogen) atoms. The van der Waals surface area contributed by atoms with Crippen LogP contribution < -0.4 is 5.32 Å². The van der Waals surface area contributed by atoms with Crippen LogP contribution >= 0.6 is 0 Å². The second kappa shape index (κ2) is 5.49. The SMILES string of the molecule is Cc1ccc(C(C)CC2CCCNC2)cc1. The molecule has 0 amide bonds. The molecule has 1 aromatic rings. The van der Waals surface area contributed by atoms with Crippen LogP contribution in [0.4, 0.5) is 0 Å². The Hall–Kier alpha value is -0.820. The van der Waals surface area contributed by atoms with Crippen LogP contribution in [-0.4, -0.2) is 13.1 Å². The first-order chi connectivity index (χ1) is 7.75. The van der Waals surface area contributed by atoms with Gasteiger partial charge in [-0.3, -0.25) is 0 Å². The van der Waals surface area contributed by atoms with Crippen LogP contribution in [0.3, 0.4) is 0 Å². The first-order valence-electron chi connectivity index (χ1n) is 6.53. The zero-order valence-electron chi connectivity index (χ0n) is 10.5. The molecule has 2 unspecified atom stereocenters. The molecule has 0 spiro atoms. The maximum atomic E-state index is 3.50. The van der Waals surface area contributed by atoms with Crippen LogP contribution in [0.1, 0.15) is 43.2 Å². The maximum absolute atomic E-state index is 3.50. The molecule has 1 fully saturated rings. The highest BCUT2D eigenvalue weighted by Gasteiger charge is 2.16. The molecule has 1 aromatic carbocycles. The van der Waals surface area contributed by atoms with Crippen molar-refractivity contribution in [1.29, 1.82) is 0 Å². The van der Waals surface area contributed by atoms with E-state index < -0.39 is 0 Å². The van der Waals surface area contributed by atoms with E-state index in [-0.39, 0.29) is 0 Å². The summed E-state index contributed by atoms with van der Waals surface area (Å²) in [4.78, 5) is 0. The Labute approximate surface area is 99.3 Å². The fourth-order valence-electron chi connectivity index (χ4n) is 2.66. The molecule has 2 rings (SSSR count). The number of rotatable bonds is 3. The summed E-state index contributed by atoms with van der Waals surface area (Å²) >= 11 is 0. The molecule has 0 saturated carbocycles. The Balaban J connectivity index is 1.91. The molecule has 0 aliphatic carbocycles. The lowest BCUT2D eigenvalue weighted by Crippen LogP contribution is -2.30. The first-order valence-corrected chi connectivity index (χ1v) is 6.53. The monoisotopic (exact) mass is 217 g/mol. The van der Waals surface area contributed by atoms with Crippen molar-refractivity contribution in [2.75, 3.05) is 13.1 Å². The molecular formula is C15H23N. The third-order valence-electron chi connectivity index (χ3n) is 3.73. The van der Waals surface area contributed by atoms with Crippen molar-refractivity contribution in [3.05, 3.63) is 35.4 Å². The summed E-state index contributed by atoms with van der Waals surface area (Å²) in [5, 5.41) is 3.50. The van der Waals surface area contributed by atoms with Crippen molar-refractivity contribution in [3.8, 4) is 0 Å². The van der Waals surface area contributed by atoms with Crippen LogP contribution in [0.2, 0.25) is 0 Å². The molecule has 0 aromatic heterocycles. The Morgan fingerprint density at radius 2 is 2.06 bits per heavy atom. The van der Waals surface area contributed by atoms with Gasteiger partial charge < -0.3 is 5.32 Å². The molecule has 2 atom stereocenters. The predicted octanol–water partition coefficient (Wildman–Crippen LogP) is 3.49. The van der Waals surface area contributed by atoms with Gasteiger partial charge in [-0.15, -0.1) is 0 Å². The summed E-state index contributed by atoms with van der Waals surface area (Å²) in [6.45, 7) is 6.95. The minimum Gasteiger partial charge on any atom is -0.316 e. The zero-order chi connectivity index (χ0) is 11.4. The van der Waals surface area contributed by atoms with E-state index in [2.05, 4.69) is 43.4 Å². The Morgan fingerprint density at radius 1 is 1.31 bits per heavy atom. The fraction of sp³-hybridized carbons (Fsp3) is 0.600. The van der Waals surface area contributed by atoms with Gasteiger partial charge in [-0.25, -0.2) is 0 Å². The lowest BCUT2D eigenvalue weighted by atomic mass is 9.86. The normalized spacial score (nSPS) is 23.0. The smallest absolute Gasteiger partial charge is 0.00203 e. The summed E-state index contributed by atoms with van der Waals surface area (Å²) < 4.78 is 0. The summed E-state index contributed by atoms with van der Waals surface area (Å²) in [5.41, 5.74) is 2.85. The highest BCUT2D eigenvalue weighted by molar-refractivity contribution is 5.24. The first kappa shape index (κ1) is 11.7. The Morgan fingerprint density at radius 3 is 2.69 bits per heavy atom. The summed E-state index contributed by atoms with van der Waals surface area (Å²) in [5.74, 6) is 1.58. The molecule has 1 N–H and O–H groups in total. The molecule has 0 bridgehead atoms. The third-order valence-corrected chi connectivity index (χ3v) is 3.73. The molecule has 1 aliphatic rings. The number of aryl methyl sites for hydroxylation is 1. The van der Waals surface area contributed by atoms with Crippen molar-refractivity contribution in [3.63, 3.8) is 0 Å². The molecule has 0 radical (unpaired) electrons. The number of hydrogen-bond acceptors (Lipinski definition) is 1. The fourth-order valence-corrected chi connectivity index (χ4v) is 2.66. The van der Waals surface area contributed by atoms with Crippen LogP contribution in [0, 0.1) is 12.8 Å². The molecule has 1 nitrogen and oxygen atoms in total. The molecule has 1 saturated heterocycles. The van der Waals surface area contributed by atoms with Gasteiger partial charge in [0.25, 0.3) is 0 Å². The standard InChI is InChI=1S/C15H23N/c1-12-5-7-15(8-6-12)13(2)10-14-4-3-9-16-11-14/h5-8,13-14,16H,3-4,9-11H2,1-2H3. The molecule has 1 aliphatic heterocycles. The van der Waals surface area contributed by atoms with Gasteiger partial charge in [0.1, 0.15) is 0 Å². The maximum Gasteiger partial charge on any atom is -0.00203 e. The number of hydrogen-bond donors (Lipinski definition) is 1. The lowest BCUT2D eigenvalue weighted by Gasteiger charge is -2.25. The van der Waals surface area contributed by atoms with E-state index in [0.29, 0.717) is 5.92 Å². The highest BCUT2D eigenvalue weighted by Crippen LogP contribution is 2.26. The molecular weight excluding hydrogens is 194 g/mol. The van der Waals surface area contributed by atoms with E-state index in [9.17, 15) is 0 Å². The number of benzene rings is 1. The Bertz CT molecular complexity index is 309. The molecule has 1 heterocycles. The molecule has 1 heteroatoms. The van der Waals surface area contributed by atoms with Crippen molar-refractivity contribution in [2.45, 2.75) is 39.0 Å². The summed E-state index contributed by atoms with van der Waals surface area (Å²) in [6.07, 6.45) is 4.09. The third kappa shape index (κ3) is 3.08. The second-order valence-electron chi connectivity index (χ2n) is 5.26. The zero-order valence-corrected chi connectivity index (χ0v) is 10.5. The van der Waals surface area contributed by atoms with Crippen LogP contribution in [-0.2, 0) is 0 Å². The van der Waals surface area contributed by atoms with Gasteiger partial charge in [0.15, 0.2) is 0 Å². The quantitative estimate of drug-likeness (QED) is 0.817. The highest BCUT2D eigenvalue weighted by atomic mass is 14.9. The van der Waals surface area contributed by atoms with Gasteiger partial charge in [0.05, 0.1) is 0 Å². The minimum atomic E-state index is 0.700. The van der Waals surface area contributed by atoms with Gasteiger partial charge in [-0.05, 0) is 56.7 Å². The van der Waals surface area contributed by atoms with Crippen molar-refractivity contribution in [1.82, 2.24) is 5.32 Å². The summed E-state index contributed by atoms with van der Waals surface area (Å²) in [6, 6.07) is 9.03. The second-order valence-corrected chi connectivity index (χ2v) is 5.26. The van der Waals surface area contributed by atoms with E-state index in [4.69, 9.17) is 0 Å². The van der Waals surface area contributed by atoms with E-state index in [1.807, 2.05) is 0 Å². The minimum absolute atomic E-state index is 0.700. The largest absolute Gasteiger partial charge is 0.316 e. The van der Waals surface area contributed by atoms with Crippen LogP contribution in [0.15, 0.2) is 24.3 Å². The van der Waals surface area contributed by atoms with Crippen LogP contribution in [0.5, 0.6) is 0 Å². The van der Waals surface area contributed by atoms with Gasteiger partial charge in [-0.1, -0.05) is 36.8 Å². The van der Waals surface area contributed by atoms with Crippen LogP contribution in [0.25, 0.3) is 0 Å². The van der Waals surface area contributed by atoms with Gasteiger partial charge >= 0.3 is 0 Å². The van der Waals surface area contributed by atoms with Crippen molar-refractivity contribution >= 4 is 0 Å². The van der Waals surface area contributed by atoms with Gasteiger partial charge in [0, 0.05) is 0 Å². The van der Waals surface area contributed by atoms with E-state index in [1.54, 1.807) is 0 Å². The number of nitrogens with one attached hydrogen (secondary N) is 1.